The molecule has 0 saturated heterocycles. The zero-order chi connectivity index (χ0) is 17.9. The van der Waals surface area contributed by atoms with E-state index in [-0.39, 0.29) is 11.0 Å². The molecule has 5 heteroatoms. The molecule has 23 heavy (non-hydrogen) atoms. The second-order valence-corrected chi connectivity index (χ2v) is 10.7. The molecule has 0 amide bonds. The van der Waals surface area contributed by atoms with Gasteiger partial charge in [0.05, 0.1) is 5.19 Å². The summed E-state index contributed by atoms with van der Waals surface area (Å²) in [7, 11) is 1.89. The van der Waals surface area contributed by atoms with Crippen LogP contribution < -0.4 is 9.92 Å². The van der Waals surface area contributed by atoms with Gasteiger partial charge >= 0.3 is 8.80 Å². The van der Waals surface area contributed by atoms with E-state index in [4.69, 9.17) is 18.0 Å². The molecule has 0 unspecified atom stereocenters. The molecule has 1 aromatic rings. The van der Waals surface area contributed by atoms with E-state index in [9.17, 15) is 0 Å². The summed E-state index contributed by atoms with van der Waals surface area (Å²) in [6, 6.07) is 6.09. The number of hydrogen-bond acceptors (Lipinski definition) is 4. The highest BCUT2D eigenvalue weighted by molar-refractivity contribution is 6.76. The molecule has 0 fully saturated rings. The molecule has 0 aliphatic carbocycles. The maximum absolute atomic E-state index is 6.19. The fourth-order valence-electron chi connectivity index (χ4n) is 2.61. The molecule has 0 spiro atoms. The van der Waals surface area contributed by atoms with Gasteiger partial charge in [0.15, 0.2) is 0 Å². The Morgan fingerprint density at radius 1 is 0.870 bits per heavy atom. The van der Waals surface area contributed by atoms with Crippen molar-refractivity contribution in [3.8, 4) is 5.75 Å². The molecule has 0 bridgehead atoms. The third-order valence-corrected chi connectivity index (χ3v) is 6.15. The maximum Gasteiger partial charge on any atom is 0.540 e. The molecule has 1 rings (SSSR count). The Morgan fingerprint density at radius 3 is 1.78 bits per heavy atom. The lowest BCUT2D eigenvalue weighted by molar-refractivity contribution is 0.122. The van der Waals surface area contributed by atoms with Gasteiger partial charge in [-0.05, 0) is 44.2 Å². The summed E-state index contributed by atoms with van der Waals surface area (Å²) in [5, 5.41) is 0.928. The van der Waals surface area contributed by atoms with Crippen molar-refractivity contribution in [2.45, 2.75) is 53.6 Å². The summed E-state index contributed by atoms with van der Waals surface area (Å²) in [6.45, 7) is 12.7. The highest BCUT2D eigenvalue weighted by Gasteiger charge is 2.46. The van der Waals surface area contributed by atoms with E-state index in [1.165, 1.54) is 0 Å². The van der Waals surface area contributed by atoms with E-state index in [0.29, 0.717) is 0 Å². The molecule has 4 nitrogen and oxygen atoms in total. The topological polar surface area (TPSA) is 36.9 Å². The normalized spacial score (nSPS) is 13.3. The van der Waals surface area contributed by atoms with Crippen LogP contribution in [-0.4, -0.2) is 35.7 Å². The molecular weight excluding hydrogens is 308 g/mol. The van der Waals surface area contributed by atoms with Crippen molar-refractivity contribution < 1.29 is 18.0 Å². The van der Waals surface area contributed by atoms with Gasteiger partial charge in [-0.2, -0.15) is 0 Å². The Bertz CT molecular complexity index is 468. The Morgan fingerprint density at radius 2 is 1.39 bits per heavy atom. The third-order valence-electron chi connectivity index (χ3n) is 3.36. The highest BCUT2D eigenvalue weighted by Crippen LogP contribution is 2.27. The second-order valence-electron chi connectivity index (χ2n) is 7.91. The van der Waals surface area contributed by atoms with Crippen LogP contribution in [0.25, 0.3) is 0 Å². The van der Waals surface area contributed by atoms with Gasteiger partial charge in [0.25, 0.3) is 0 Å². The molecule has 0 N–H and O–H groups in total. The smallest absolute Gasteiger partial charge is 0.488 e. The van der Waals surface area contributed by atoms with Gasteiger partial charge < -0.3 is 18.0 Å². The first-order chi connectivity index (χ1) is 10.5. The zero-order valence-corrected chi connectivity index (χ0v) is 17.1. The Balaban J connectivity index is 3.56. The van der Waals surface area contributed by atoms with Crippen LogP contribution in [-0.2, 0) is 19.7 Å². The third kappa shape index (κ3) is 5.31. The van der Waals surface area contributed by atoms with Crippen molar-refractivity contribution in [3.63, 3.8) is 0 Å². The van der Waals surface area contributed by atoms with Crippen LogP contribution >= 0.6 is 0 Å². The molecule has 0 atom stereocenters. The number of rotatable bonds is 6. The first kappa shape index (κ1) is 20.2. The summed E-state index contributed by atoms with van der Waals surface area (Å²) in [5.41, 5.74) is 0.964. The van der Waals surface area contributed by atoms with Gasteiger partial charge in [-0.3, -0.25) is 0 Å². The van der Waals surface area contributed by atoms with Crippen molar-refractivity contribution in [1.29, 1.82) is 0 Å². The Hall–Kier alpha value is -0.883. The van der Waals surface area contributed by atoms with Crippen LogP contribution in [0.1, 0.15) is 47.1 Å². The first-order valence-corrected chi connectivity index (χ1v) is 9.67. The van der Waals surface area contributed by atoms with Crippen molar-refractivity contribution in [3.05, 3.63) is 23.8 Å². The van der Waals surface area contributed by atoms with E-state index >= 15 is 0 Å². The number of ether oxygens (including phenoxy) is 1. The lowest BCUT2D eigenvalue weighted by Gasteiger charge is -2.32. The molecule has 0 aliphatic rings. The van der Waals surface area contributed by atoms with Crippen molar-refractivity contribution >= 4 is 14.0 Å². The minimum absolute atomic E-state index is 0.129. The average molecular weight is 341 g/mol. The largest absolute Gasteiger partial charge is 0.540 e. The SMILES string of the molecule is CO[Si](OC)(OC)c1c(CC(C)(C)C)cccc1OC(C)(C)C. The van der Waals surface area contributed by atoms with Crippen molar-refractivity contribution in [2.24, 2.45) is 5.41 Å². The Kier molecular flexibility index (Phi) is 6.44. The van der Waals surface area contributed by atoms with Gasteiger partial charge in [0.2, 0.25) is 0 Å². The van der Waals surface area contributed by atoms with Crippen LogP contribution in [0.2, 0.25) is 0 Å². The van der Waals surface area contributed by atoms with Crippen molar-refractivity contribution in [1.82, 2.24) is 0 Å². The van der Waals surface area contributed by atoms with Gasteiger partial charge in [-0.1, -0.05) is 32.9 Å². The fraction of sp³-hybridized carbons (Fsp3) is 0.667. The lowest BCUT2D eigenvalue weighted by Crippen LogP contribution is -2.57. The lowest BCUT2D eigenvalue weighted by atomic mass is 9.88. The monoisotopic (exact) mass is 340 g/mol. The number of benzene rings is 1. The molecule has 0 aromatic heterocycles. The van der Waals surface area contributed by atoms with Crippen LogP contribution in [0.5, 0.6) is 5.75 Å². The van der Waals surface area contributed by atoms with Crippen LogP contribution in [0.15, 0.2) is 18.2 Å². The maximum atomic E-state index is 6.19. The van der Waals surface area contributed by atoms with E-state index in [1.54, 1.807) is 21.3 Å². The van der Waals surface area contributed by atoms with Gasteiger partial charge in [-0.25, -0.2) is 0 Å². The van der Waals surface area contributed by atoms with E-state index in [1.807, 2.05) is 32.9 Å². The average Bonchev–Trinajstić information content (AvgIpc) is 2.40. The molecule has 0 radical (unpaired) electrons. The summed E-state index contributed by atoms with van der Waals surface area (Å²) >= 11 is 0. The summed E-state index contributed by atoms with van der Waals surface area (Å²) in [6.07, 6.45) is 0.883. The minimum Gasteiger partial charge on any atom is -0.488 e. The van der Waals surface area contributed by atoms with Crippen LogP contribution in [0.4, 0.5) is 0 Å². The minimum atomic E-state index is -3.01. The molecular formula is C18H32O4Si. The van der Waals surface area contributed by atoms with Crippen LogP contribution in [0, 0.1) is 5.41 Å². The predicted molar refractivity (Wildman–Crippen MR) is 96.4 cm³/mol. The van der Waals surface area contributed by atoms with Gasteiger partial charge in [-0.15, -0.1) is 0 Å². The summed E-state index contributed by atoms with van der Waals surface area (Å²) in [4.78, 5) is 0. The second kappa shape index (κ2) is 7.34. The molecule has 0 saturated carbocycles. The quantitative estimate of drug-likeness (QED) is 0.742. The molecule has 0 heterocycles. The summed E-state index contributed by atoms with van der Waals surface area (Å²) < 4.78 is 23.4. The van der Waals surface area contributed by atoms with Crippen molar-refractivity contribution in [2.75, 3.05) is 21.3 Å². The van der Waals surface area contributed by atoms with E-state index < -0.39 is 8.80 Å². The Labute approximate surface area is 142 Å². The van der Waals surface area contributed by atoms with Crippen LogP contribution in [0.3, 0.4) is 0 Å². The highest BCUT2D eigenvalue weighted by atomic mass is 28.4. The summed E-state index contributed by atoms with van der Waals surface area (Å²) in [5.74, 6) is 0.775. The number of hydrogen-bond donors (Lipinski definition) is 0. The zero-order valence-electron chi connectivity index (χ0n) is 16.1. The van der Waals surface area contributed by atoms with Gasteiger partial charge in [0, 0.05) is 21.3 Å². The van der Waals surface area contributed by atoms with Gasteiger partial charge in [0.1, 0.15) is 11.4 Å². The van der Waals surface area contributed by atoms with E-state index in [0.717, 1.165) is 22.9 Å². The molecule has 1 aromatic carbocycles. The molecule has 132 valence electrons. The first-order valence-electron chi connectivity index (χ1n) is 7.95. The predicted octanol–water partition coefficient (Wildman–Crippen LogP) is 3.54. The van der Waals surface area contributed by atoms with E-state index in [2.05, 4.69) is 26.8 Å². The standard InChI is InChI=1S/C18H32O4Si/c1-17(2,3)13-14-11-10-12-15(22-18(4,5)6)16(14)23(19-7,20-8)21-9/h10-12H,13H2,1-9H3. The fourth-order valence-corrected chi connectivity index (χ4v) is 4.73. The molecule has 0 aliphatic heterocycles.